The number of hydrogen-bond donors (Lipinski definition) is 0. The Hall–Kier alpha value is -2.19. The topological polar surface area (TPSA) is 16.1 Å². The van der Waals surface area contributed by atoms with Gasteiger partial charge in [0.1, 0.15) is 0 Å². The SMILES string of the molecule is c1ccc(CN2CCCCC2c2cnc3ccccc3c2)cc1. The van der Waals surface area contributed by atoms with Crippen LogP contribution in [0.5, 0.6) is 0 Å². The van der Waals surface area contributed by atoms with Crippen molar-refractivity contribution < 1.29 is 0 Å². The van der Waals surface area contributed by atoms with Crippen molar-refractivity contribution in [2.24, 2.45) is 0 Å². The maximum Gasteiger partial charge on any atom is 0.0702 e. The summed E-state index contributed by atoms with van der Waals surface area (Å²) in [5.74, 6) is 0. The van der Waals surface area contributed by atoms with Crippen molar-refractivity contribution in [2.75, 3.05) is 6.54 Å². The van der Waals surface area contributed by atoms with Crippen LogP contribution in [-0.2, 0) is 6.54 Å². The first-order valence-corrected chi connectivity index (χ1v) is 8.53. The molecule has 1 aliphatic heterocycles. The van der Waals surface area contributed by atoms with Crippen LogP contribution in [0.4, 0.5) is 0 Å². The lowest BCUT2D eigenvalue weighted by Gasteiger charge is -2.36. The average molecular weight is 302 g/mol. The van der Waals surface area contributed by atoms with Crippen molar-refractivity contribution in [3.05, 3.63) is 78.0 Å². The third-order valence-electron chi connectivity index (χ3n) is 4.84. The largest absolute Gasteiger partial charge is 0.292 e. The Kier molecular flexibility index (Phi) is 4.08. The quantitative estimate of drug-likeness (QED) is 0.679. The predicted molar refractivity (Wildman–Crippen MR) is 95.2 cm³/mol. The number of pyridine rings is 1. The minimum atomic E-state index is 0.487. The fourth-order valence-electron chi connectivity index (χ4n) is 3.65. The van der Waals surface area contributed by atoms with Crippen molar-refractivity contribution in [3.8, 4) is 0 Å². The van der Waals surface area contributed by atoms with Crippen LogP contribution in [0.15, 0.2) is 66.9 Å². The highest BCUT2D eigenvalue weighted by atomic mass is 15.2. The van der Waals surface area contributed by atoms with Gasteiger partial charge in [0, 0.05) is 24.2 Å². The minimum absolute atomic E-state index is 0.487. The van der Waals surface area contributed by atoms with Gasteiger partial charge in [-0.15, -0.1) is 0 Å². The van der Waals surface area contributed by atoms with Gasteiger partial charge >= 0.3 is 0 Å². The molecule has 2 heteroatoms. The van der Waals surface area contributed by atoms with Crippen LogP contribution in [0.1, 0.15) is 36.4 Å². The number of hydrogen-bond acceptors (Lipinski definition) is 2. The fourth-order valence-corrected chi connectivity index (χ4v) is 3.65. The summed E-state index contributed by atoms with van der Waals surface area (Å²) in [4.78, 5) is 7.29. The molecule has 4 rings (SSSR count). The highest BCUT2D eigenvalue weighted by Gasteiger charge is 2.24. The standard InChI is InChI=1S/C21H22N2/c1-2-8-17(9-3-1)16-23-13-7-6-12-21(23)19-14-18-10-4-5-11-20(18)22-15-19/h1-5,8-11,14-15,21H,6-7,12-13,16H2. The second kappa shape index (κ2) is 6.51. The molecule has 116 valence electrons. The molecule has 23 heavy (non-hydrogen) atoms. The number of rotatable bonds is 3. The highest BCUT2D eigenvalue weighted by molar-refractivity contribution is 5.78. The maximum absolute atomic E-state index is 4.67. The molecule has 0 saturated carbocycles. The monoisotopic (exact) mass is 302 g/mol. The van der Waals surface area contributed by atoms with Crippen molar-refractivity contribution >= 4 is 10.9 Å². The second-order valence-electron chi connectivity index (χ2n) is 6.43. The molecular formula is C21H22N2. The van der Waals surface area contributed by atoms with E-state index in [1.54, 1.807) is 0 Å². The van der Waals surface area contributed by atoms with Crippen LogP contribution in [0, 0.1) is 0 Å². The minimum Gasteiger partial charge on any atom is -0.292 e. The first-order valence-electron chi connectivity index (χ1n) is 8.53. The molecule has 3 aromatic rings. The van der Waals surface area contributed by atoms with Gasteiger partial charge in [0.05, 0.1) is 5.52 Å². The zero-order valence-corrected chi connectivity index (χ0v) is 13.4. The van der Waals surface area contributed by atoms with E-state index in [1.165, 1.54) is 42.3 Å². The van der Waals surface area contributed by atoms with Crippen LogP contribution in [0.2, 0.25) is 0 Å². The Morgan fingerprint density at radius 3 is 2.70 bits per heavy atom. The summed E-state index contributed by atoms with van der Waals surface area (Å²) in [7, 11) is 0. The van der Waals surface area contributed by atoms with Crippen LogP contribution >= 0.6 is 0 Å². The fraction of sp³-hybridized carbons (Fsp3) is 0.286. The van der Waals surface area contributed by atoms with E-state index in [-0.39, 0.29) is 0 Å². The van der Waals surface area contributed by atoms with E-state index < -0.39 is 0 Å². The van der Waals surface area contributed by atoms with Crippen LogP contribution in [-0.4, -0.2) is 16.4 Å². The van der Waals surface area contributed by atoms with Crippen molar-refractivity contribution in [3.63, 3.8) is 0 Å². The molecule has 1 fully saturated rings. The summed E-state index contributed by atoms with van der Waals surface area (Å²) in [5.41, 5.74) is 3.84. The molecular weight excluding hydrogens is 280 g/mol. The van der Waals surface area contributed by atoms with Gasteiger partial charge < -0.3 is 0 Å². The van der Waals surface area contributed by atoms with Crippen LogP contribution in [0.25, 0.3) is 10.9 Å². The number of nitrogens with zero attached hydrogens (tertiary/aromatic N) is 2. The van der Waals surface area contributed by atoms with E-state index in [9.17, 15) is 0 Å². The van der Waals surface area contributed by atoms with Gasteiger partial charge in [-0.3, -0.25) is 9.88 Å². The van der Waals surface area contributed by atoms with Crippen molar-refractivity contribution in [1.29, 1.82) is 0 Å². The molecule has 2 heterocycles. The van der Waals surface area contributed by atoms with E-state index in [4.69, 9.17) is 0 Å². The van der Waals surface area contributed by atoms with Gasteiger partial charge in [0.25, 0.3) is 0 Å². The van der Waals surface area contributed by atoms with E-state index in [0.29, 0.717) is 6.04 Å². The lowest BCUT2D eigenvalue weighted by atomic mass is 9.95. The number of benzene rings is 2. The molecule has 0 radical (unpaired) electrons. The van der Waals surface area contributed by atoms with Crippen LogP contribution in [0.3, 0.4) is 0 Å². The molecule has 1 unspecified atom stereocenters. The first kappa shape index (κ1) is 14.4. The predicted octanol–water partition coefficient (Wildman–Crippen LogP) is 4.96. The molecule has 2 nitrogen and oxygen atoms in total. The summed E-state index contributed by atoms with van der Waals surface area (Å²) in [6, 6.07) is 22.0. The smallest absolute Gasteiger partial charge is 0.0702 e. The molecule has 2 aromatic carbocycles. The Morgan fingerprint density at radius 1 is 0.957 bits per heavy atom. The molecule has 0 amide bonds. The molecule has 1 aliphatic rings. The van der Waals surface area contributed by atoms with Gasteiger partial charge in [-0.05, 0) is 42.6 Å². The third kappa shape index (κ3) is 3.13. The maximum atomic E-state index is 4.67. The zero-order valence-electron chi connectivity index (χ0n) is 13.4. The number of piperidine rings is 1. The van der Waals surface area contributed by atoms with Gasteiger partial charge in [0.15, 0.2) is 0 Å². The summed E-state index contributed by atoms with van der Waals surface area (Å²) >= 11 is 0. The molecule has 0 aliphatic carbocycles. The van der Waals surface area contributed by atoms with E-state index in [0.717, 1.165) is 12.1 Å². The average Bonchev–Trinajstić information content (AvgIpc) is 2.63. The van der Waals surface area contributed by atoms with Crippen molar-refractivity contribution in [1.82, 2.24) is 9.88 Å². The summed E-state index contributed by atoms with van der Waals surface area (Å²) in [6.45, 7) is 2.20. The van der Waals surface area contributed by atoms with E-state index in [2.05, 4.69) is 76.7 Å². The Morgan fingerprint density at radius 2 is 1.78 bits per heavy atom. The second-order valence-corrected chi connectivity index (χ2v) is 6.43. The number of aromatic nitrogens is 1. The third-order valence-corrected chi connectivity index (χ3v) is 4.84. The van der Waals surface area contributed by atoms with Gasteiger partial charge in [0.2, 0.25) is 0 Å². The van der Waals surface area contributed by atoms with Crippen LogP contribution < -0.4 is 0 Å². The normalized spacial score (nSPS) is 19.0. The lowest BCUT2D eigenvalue weighted by molar-refractivity contribution is 0.140. The van der Waals surface area contributed by atoms with Gasteiger partial charge in [-0.2, -0.15) is 0 Å². The first-order chi connectivity index (χ1) is 11.4. The van der Waals surface area contributed by atoms with Gasteiger partial charge in [-0.25, -0.2) is 0 Å². The molecule has 0 N–H and O–H groups in total. The Bertz CT molecular complexity index is 782. The zero-order chi connectivity index (χ0) is 15.5. The van der Waals surface area contributed by atoms with Crippen molar-refractivity contribution in [2.45, 2.75) is 31.8 Å². The van der Waals surface area contributed by atoms with E-state index in [1.807, 2.05) is 0 Å². The van der Waals surface area contributed by atoms with E-state index >= 15 is 0 Å². The number of para-hydroxylation sites is 1. The molecule has 0 spiro atoms. The molecule has 1 saturated heterocycles. The lowest BCUT2D eigenvalue weighted by Crippen LogP contribution is -2.33. The number of likely N-dealkylation sites (tertiary alicyclic amines) is 1. The molecule has 0 bridgehead atoms. The summed E-state index contributed by atoms with van der Waals surface area (Å²) < 4.78 is 0. The Balaban J connectivity index is 1.63. The molecule has 1 atom stereocenters. The highest BCUT2D eigenvalue weighted by Crippen LogP contribution is 2.32. The number of fused-ring (bicyclic) bond motifs is 1. The molecule has 1 aromatic heterocycles. The summed E-state index contributed by atoms with van der Waals surface area (Å²) in [5, 5.41) is 1.25. The Labute approximate surface area is 137 Å². The van der Waals surface area contributed by atoms with Gasteiger partial charge in [-0.1, -0.05) is 55.0 Å². The summed E-state index contributed by atoms with van der Waals surface area (Å²) in [6.07, 6.45) is 5.91.